The van der Waals surface area contributed by atoms with Crippen LogP contribution in [0.3, 0.4) is 0 Å². The third-order valence-corrected chi connectivity index (χ3v) is 35.0. The van der Waals surface area contributed by atoms with Crippen molar-refractivity contribution < 1.29 is 33.6 Å². The third-order valence-electron chi connectivity index (χ3n) is 8.29. The Morgan fingerprint density at radius 1 is 0.681 bits per heavy atom. The van der Waals surface area contributed by atoms with Crippen LogP contribution in [-0.4, -0.2) is 45.0 Å². The summed E-state index contributed by atoms with van der Waals surface area (Å²) in [7, 11) is 21.7. The highest BCUT2D eigenvalue weighted by Crippen LogP contribution is 2.22. The highest BCUT2D eigenvalue weighted by molar-refractivity contribution is 8.76. The highest BCUT2D eigenvalue weighted by atomic mass is 33.5. The molecule has 0 saturated carbocycles. The van der Waals surface area contributed by atoms with Gasteiger partial charge in [-0.25, -0.2) is 4.79 Å². The summed E-state index contributed by atoms with van der Waals surface area (Å²) in [6.07, 6.45) is 2.15. The van der Waals surface area contributed by atoms with Gasteiger partial charge in [0.25, 0.3) is 11.8 Å². The normalized spacial score (nSPS) is 11.0. The maximum absolute atomic E-state index is 12.3. The number of Topliss-reactive ketones (excluding diaryl/α,β-unsaturated/α-hetero) is 1. The molecule has 1 N–H and O–H groups in total. The summed E-state index contributed by atoms with van der Waals surface area (Å²) in [5, 5.41) is 6.97. The van der Waals surface area contributed by atoms with Crippen molar-refractivity contribution >= 4 is 173 Å². The predicted octanol–water partition coefficient (Wildman–Crippen LogP) is 7.24. The Hall–Kier alpha value is -3.38. The topological polar surface area (TPSA) is 195 Å². The Labute approximate surface area is 447 Å². The highest BCUT2D eigenvalue weighted by Gasteiger charge is 2.32. The standard InChI is InChI=1S/C17H17N3O.C16H15N3O.C8H11NO4.S15/c1-13-7-10-15(11-8-13)17(19-20-18)16(21)12-9-14-5-3-2-4-6-14;1-12-7-9-14(10-8-12)15(19-17)16(20)18-11-13-5-3-2-4-6-13;1-2-3-8(12)13-9-6(10)4-5-7(9)11;1-3-5-7-9-11-13-15-14-12-10-8-6-4-2/h2-8,10-11,17H,9,12H2,1H3;2-10H,11H2,1H3,(H,18,20);2-5H2,1H3;. The third kappa shape index (κ3) is 27.7. The number of amides is 3. The molecule has 1 saturated heterocycles. The Morgan fingerprint density at radius 3 is 1.59 bits per heavy atom. The molecule has 0 aliphatic carbocycles. The molecule has 0 bridgehead atoms. The Morgan fingerprint density at radius 2 is 1.14 bits per heavy atom. The zero-order chi connectivity index (χ0) is 50.5. The smallest absolute Gasteiger partial charge is 0.361 e. The van der Waals surface area contributed by atoms with Gasteiger partial charge in [0.1, 0.15) is 11.8 Å². The van der Waals surface area contributed by atoms with Gasteiger partial charge in [-0.1, -0.05) is 120 Å². The van der Waals surface area contributed by atoms with E-state index in [0.717, 1.165) is 27.8 Å². The van der Waals surface area contributed by atoms with Crippen LogP contribution in [0.1, 0.15) is 78.5 Å². The lowest BCUT2D eigenvalue weighted by atomic mass is 9.98. The van der Waals surface area contributed by atoms with E-state index in [2.05, 4.69) is 25.0 Å². The fraction of sp³-hybridized carbons (Fsp3) is 0.268. The van der Waals surface area contributed by atoms with Crippen molar-refractivity contribution in [2.24, 2.45) is 5.11 Å². The average molecular weight is 1210 g/mol. The molecule has 1 aliphatic rings. The predicted molar refractivity (Wildman–Crippen MR) is 313 cm³/mol. The van der Waals surface area contributed by atoms with E-state index in [1.807, 2.05) is 118 Å². The van der Waals surface area contributed by atoms with Crippen LogP contribution in [0.15, 0.2) is 114 Å². The molecule has 3 amide bonds. The zero-order valence-electron chi connectivity index (χ0n) is 36.7. The summed E-state index contributed by atoms with van der Waals surface area (Å²) in [5.41, 5.74) is 23.4. The molecule has 0 radical (unpaired) electrons. The van der Waals surface area contributed by atoms with Crippen molar-refractivity contribution in [3.63, 3.8) is 0 Å². The van der Waals surface area contributed by atoms with Gasteiger partial charge in [0.15, 0.2) is 0 Å². The second-order valence-corrected chi connectivity index (χ2v) is 36.1. The van der Waals surface area contributed by atoms with Gasteiger partial charge in [0, 0.05) is 175 Å². The van der Waals surface area contributed by atoms with Crippen LogP contribution in [0, 0.1) is 13.8 Å². The molecule has 1 unspecified atom stereocenters. The number of imide groups is 1. The lowest BCUT2D eigenvalue weighted by molar-refractivity contribution is -0.197. The van der Waals surface area contributed by atoms with Gasteiger partial charge in [0.2, 0.25) is 0 Å². The number of rotatable bonds is 13. The van der Waals surface area contributed by atoms with Gasteiger partial charge in [-0.3, -0.25) is 19.2 Å². The molecule has 368 valence electrons. The van der Waals surface area contributed by atoms with Gasteiger partial charge in [0.05, 0.1) is 5.56 Å². The second kappa shape index (κ2) is 39.3. The molecule has 4 aromatic carbocycles. The van der Waals surface area contributed by atoms with E-state index in [0.29, 0.717) is 36.4 Å². The number of hydrogen-bond acceptors (Lipinski definition) is 9. The number of carbonyl (C=O) groups is 5. The minimum atomic E-state index is -0.737. The summed E-state index contributed by atoms with van der Waals surface area (Å²) >= 11 is 9.45. The van der Waals surface area contributed by atoms with E-state index in [9.17, 15) is 24.0 Å². The Kier molecular flexibility index (Phi) is 35.1. The fourth-order valence-corrected chi connectivity index (χ4v) is 35.3. The summed E-state index contributed by atoms with van der Waals surface area (Å²) in [6, 6.07) is 33.4. The SMILES string of the molecule is CCCC(=O)ON1C(=O)CCC1=O.Cc1ccc(C(=[N+]=[N-])C(=O)NCc2ccccc2)cc1.Cc1ccc(C(N=[N+]=[N-])C(=O)CCc2ccccc2)cc1.S=S=S=S=S=S=S=S=S=S=S=S=S=S=S. The molecule has 0 aromatic heterocycles. The lowest BCUT2D eigenvalue weighted by Gasteiger charge is -2.11. The first kappa shape index (κ1) is 61.7. The van der Waals surface area contributed by atoms with Crippen LogP contribution in [-0.2, 0) is 180 Å². The molecule has 1 atom stereocenters. The van der Waals surface area contributed by atoms with Crippen molar-refractivity contribution in [2.45, 2.75) is 71.9 Å². The molecule has 0 spiro atoms. The van der Waals surface area contributed by atoms with Crippen molar-refractivity contribution in [1.29, 1.82) is 0 Å². The number of hydroxylamine groups is 2. The minimum absolute atomic E-state index is 0.0148. The van der Waals surface area contributed by atoms with Gasteiger partial charge >= 0.3 is 17.6 Å². The summed E-state index contributed by atoms with van der Waals surface area (Å²) in [5.74, 6) is -1.87. The molecular formula is C41H43N7O6S15. The van der Waals surface area contributed by atoms with E-state index in [1.165, 1.54) is 17.8 Å². The van der Waals surface area contributed by atoms with Crippen LogP contribution < -0.4 is 5.32 Å². The van der Waals surface area contributed by atoms with Crippen LogP contribution in [0.25, 0.3) is 16.0 Å². The first-order chi connectivity index (χ1) is 33.5. The number of hydrogen-bond donors (Lipinski definition) is 1. The minimum Gasteiger partial charge on any atom is -0.361 e. The first-order valence-electron chi connectivity index (χ1n) is 19.7. The largest absolute Gasteiger partial charge is 0.386 e. The maximum atomic E-state index is 12.3. The van der Waals surface area contributed by atoms with Gasteiger partial charge < -0.3 is 15.7 Å². The Bertz CT molecular complexity index is 3020. The maximum Gasteiger partial charge on any atom is 0.386 e. The van der Waals surface area contributed by atoms with E-state index in [4.69, 9.17) is 33.4 Å². The molecule has 4 aromatic rings. The van der Waals surface area contributed by atoms with Crippen LogP contribution in [0.2, 0.25) is 0 Å². The van der Waals surface area contributed by atoms with Crippen molar-refractivity contribution in [3.8, 4) is 0 Å². The number of aryl methyl sites for hydroxylation is 3. The van der Waals surface area contributed by atoms with E-state index < -0.39 is 29.7 Å². The number of nitrogens with zero attached hydrogens (tertiary/aromatic N) is 6. The number of nitrogens with one attached hydrogen (secondary N) is 1. The van der Waals surface area contributed by atoms with Gasteiger partial charge in [-0.2, -0.15) is 4.79 Å². The van der Waals surface area contributed by atoms with Crippen molar-refractivity contribution in [1.82, 2.24) is 10.4 Å². The average Bonchev–Trinajstić information content (AvgIpc) is 3.68. The van der Waals surface area contributed by atoms with Crippen molar-refractivity contribution in [2.75, 3.05) is 0 Å². The summed E-state index contributed by atoms with van der Waals surface area (Å²) < 4.78 is 0. The molecule has 1 heterocycles. The van der Waals surface area contributed by atoms with Crippen LogP contribution in [0.4, 0.5) is 0 Å². The molecular weight excluding hydrogens is 1170 g/mol. The van der Waals surface area contributed by atoms with Crippen molar-refractivity contribution in [3.05, 3.63) is 159 Å². The Balaban J connectivity index is 0.000000322. The summed E-state index contributed by atoms with van der Waals surface area (Å²) in [4.78, 5) is 67.7. The molecule has 69 heavy (non-hydrogen) atoms. The zero-order valence-corrected chi connectivity index (χ0v) is 48.9. The number of carbonyl (C=O) groups excluding carboxylic acids is 5. The van der Waals surface area contributed by atoms with Gasteiger partial charge in [-0.05, 0) is 61.0 Å². The van der Waals surface area contributed by atoms with Gasteiger partial charge in [-0.15, -0.1) is 5.06 Å². The first-order valence-corrected chi connectivity index (χ1v) is 38.4. The fourth-order valence-electron chi connectivity index (χ4n) is 5.11. The quantitative estimate of drug-likeness (QED) is 0.0476. The lowest BCUT2D eigenvalue weighted by Crippen LogP contribution is -2.31. The number of benzene rings is 4. The van der Waals surface area contributed by atoms with E-state index >= 15 is 0 Å². The molecule has 28 heteroatoms. The molecule has 1 fully saturated rings. The number of azide groups is 1. The van der Waals surface area contributed by atoms with Crippen LogP contribution in [0.5, 0.6) is 0 Å². The molecule has 1 aliphatic heterocycles. The number of ketones is 1. The van der Waals surface area contributed by atoms with E-state index in [1.54, 1.807) is 110 Å². The molecule has 5 rings (SSSR count). The van der Waals surface area contributed by atoms with Crippen LogP contribution >= 0.6 is 0 Å². The molecule has 13 nitrogen and oxygen atoms in total. The second-order valence-electron chi connectivity index (χ2n) is 13.1. The van der Waals surface area contributed by atoms with E-state index in [-0.39, 0.29) is 30.8 Å². The monoisotopic (exact) mass is 1210 g/mol. The summed E-state index contributed by atoms with van der Waals surface area (Å²) in [6.45, 7) is 6.14.